The zero-order chi connectivity index (χ0) is 12.5. The molecule has 5 heteroatoms. The van der Waals surface area contributed by atoms with Crippen LogP contribution in [-0.2, 0) is 11.3 Å². The van der Waals surface area contributed by atoms with Crippen molar-refractivity contribution < 1.29 is 9.53 Å². The van der Waals surface area contributed by atoms with Crippen molar-refractivity contribution in [3.8, 4) is 5.75 Å². The minimum absolute atomic E-state index is 0. The molecule has 0 bridgehead atoms. The average Bonchev–Trinajstić information content (AvgIpc) is 2.35. The maximum absolute atomic E-state index is 11.2. The van der Waals surface area contributed by atoms with E-state index in [-0.39, 0.29) is 18.3 Å². The number of hydrogen-bond acceptors (Lipinski definition) is 3. The van der Waals surface area contributed by atoms with Crippen LogP contribution in [0.4, 0.5) is 0 Å². The van der Waals surface area contributed by atoms with Crippen LogP contribution in [0.1, 0.15) is 25.3 Å². The highest BCUT2D eigenvalue weighted by atomic mass is 35.5. The molecule has 1 aromatic carbocycles. The molecule has 0 saturated carbocycles. The summed E-state index contributed by atoms with van der Waals surface area (Å²) in [5.74, 6) is 0.850. The summed E-state index contributed by atoms with van der Waals surface area (Å²) >= 11 is 0. The molecule has 0 saturated heterocycles. The maximum Gasteiger partial charge on any atom is 0.221 e. The van der Waals surface area contributed by atoms with Gasteiger partial charge in [-0.2, -0.15) is 0 Å². The van der Waals surface area contributed by atoms with Gasteiger partial charge in [0.2, 0.25) is 5.91 Å². The lowest BCUT2D eigenvalue weighted by Gasteiger charge is -2.07. The van der Waals surface area contributed by atoms with E-state index >= 15 is 0 Å². The van der Waals surface area contributed by atoms with Gasteiger partial charge in [-0.05, 0) is 24.1 Å². The van der Waals surface area contributed by atoms with Crippen molar-refractivity contribution in [3.63, 3.8) is 0 Å². The van der Waals surface area contributed by atoms with Crippen LogP contribution in [0.3, 0.4) is 0 Å². The topological polar surface area (TPSA) is 64.3 Å². The van der Waals surface area contributed by atoms with Crippen molar-refractivity contribution in [2.24, 2.45) is 5.73 Å². The SMILES string of the molecule is CCCOc1ccc(CNC(=O)CCN)cc1.Cl. The predicted molar refractivity (Wildman–Crippen MR) is 75.0 cm³/mol. The van der Waals surface area contributed by atoms with Crippen molar-refractivity contribution in [2.75, 3.05) is 13.2 Å². The van der Waals surface area contributed by atoms with Crippen molar-refractivity contribution in [1.29, 1.82) is 0 Å². The van der Waals surface area contributed by atoms with Crippen LogP contribution in [0.25, 0.3) is 0 Å². The highest BCUT2D eigenvalue weighted by molar-refractivity contribution is 5.85. The van der Waals surface area contributed by atoms with E-state index in [4.69, 9.17) is 10.5 Å². The summed E-state index contributed by atoms with van der Waals surface area (Å²) in [6, 6.07) is 7.74. The van der Waals surface area contributed by atoms with E-state index in [2.05, 4.69) is 12.2 Å². The number of ether oxygens (including phenoxy) is 1. The molecule has 0 fully saturated rings. The first-order valence-corrected chi connectivity index (χ1v) is 5.94. The van der Waals surface area contributed by atoms with Gasteiger partial charge in [0, 0.05) is 19.5 Å². The molecule has 0 unspecified atom stereocenters. The Bertz CT molecular complexity index is 341. The van der Waals surface area contributed by atoms with Gasteiger partial charge in [0.05, 0.1) is 6.61 Å². The number of hydrogen-bond donors (Lipinski definition) is 2. The molecule has 4 nitrogen and oxygen atoms in total. The van der Waals surface area contributed by atoms with Gasteiger partial charge in [-0.15, -0.1) is 12.4 Å². The number of carbonyl (C=O) groups is 1. The second kappa shape index (κ2) is 9.74. The second-order valence-corrected chi connectivity index (χ2v) is 3.81. The molecule has 1 aromatic rings. The van der Waals surface area contributed by atoms with Gasteiger partial charge >= 0.3 is 0 Å². The first-order chi connectivity index (χ1) is 8.26. The molecular formula is C13H21ClN2O2. The molecule has 1 amide bonds. The molecule has 1 rings (SSSR count). The van der Waals surface area contributed by atoms with Gasteiger partial charge in [-0.3, -0.25) is 4.79 Å². The van der Waals surface area contributed by atoms with Crippen LogP contribution in [0.2, 0.25) is 0 Å². The van der Waals surface area contributed by atoms with Crippen molar-refractivity contribution in [1.82, 2.24) is 5.32 Å². The Labute approximate surface area is 114 Å². The lowest BCUT2D eigenvalue weighted by molar-refractivity contribution is -0.121. The summed E-state index contributed by atoms with van der Waals surface area (Å²) < 4.78 is 5.47. The number of nitrogens with two attached hydrogens (primary N) is 1. The van der Waals surface area contributed by atoms with E-state index in [9.17, 15) is 4.79 Å². The number of nitrogens with one attached hydrogen (secondary N) is 1. The van der Waals surface area contributed by atoms with E-state index in [0.717, 1.165) is 24.3 Å². The Morgan fingerprint density at radius 1 is 1.33 bits per heavy atom. The predicted octanol–water partition coefficient (Wildman–Crippen LogP) is 1.86. The molecular weight excluding hydrogens is 252 g/mol. The quantitative estimate of drug-likeness (QED) is 0.796. The van der Waals surface area contributed by atoms with E-state index < -0.39 is 0 Å². The molecule has 0 radical (unpaired) electrons. The number of amides is 1. The third-order valence-corrected chi connectivity index (χ3v) is 2.26. The summed E-state index contributed by atoms with van der Waals surface area (Å²) in [5.41, 5.74) is 6.34. The summed E-state index contributed by atoms with van der Waals surface area (Å²) in [5, 5.41) is 2.80. The van der Waals surface area contributed by atoms with Crippen LogP contribution in [0.5, 0.6) is 5.75 Å². The van der Waals surface area contributed by atoms with Gasteiger partial charge in [0.1, 0.15) is 5.75 Å². The molecule has 0 aliphatic heterocycles. The molecule has 0 aliphatic carbocycles. The fourth-order valence-electron chi connectivity index (χ4n) is 1.34. The summed E-state index contributed by atoms with van der Waals surface area (Å²) in [6.45, 7) is 3.72. The summed E-state index contributed by atoms with van der Waals surface area (Å²) in [4.78, 5) is 11.2. The zero-order valence-corrected chi connectivity index (χ0v) is 11.5. The van der Waals surface area contributed by atoms with E-state index in [1.54, 1.807) is 0 Å². The van der Waals surface area contributed by atoms with Crippen molar-refractivity contribution in [3.05, 3.63) is 29.8 Å². The fourth-order valence-corrected chi connectivity index (χ4v) is 1.34. The highest BCUT2D eigenvalue weighted by Crippen LogP contribution is 2.12. The van der Waals surface area contributed by atoms with Gasteiger partial charge in [-0.1, -0.05) is 19.1 Å². The van der Waals surface area contributed by atoms with Crippen LogP contribution in [0, 0.1) is 0 Å². The molecule has 0 atom stereocenters. The van der Waals surface area contributed by atoms with Gasteiger partial charge in [-0.25, -0.2) is 0 Å². The lowest BCUT2D eigenvalue weighted by atomic mass is 10.2. The smallest absolute Gasteiger partial charge is 0.221 e. The number of benzene rings is 1. The van der Waals surface area contributed by atoms with Crippen LogP contribution >= 0.6 is 12.4 Å². The minimum atomic E-state index is -0.0150. The molecule has 0 spiro atoms. The van der Waals surface area contributed by atoms with Gasteiger partial charge in [0.25, 0.3) is 0 Å². The number of rotatable bonds is 7. The second-order valence-electron chi connectivity index (χ2n) is 3.81. The van der Waals surface area contributed by atoms with Crippen molar-refractivity contribution >= 4 is 18.3 Å². The third kappa shape index (κ3) is 6.47. The van der Waals surface area contributed by atoms with Crippen molar-refractivity contribution in [2.45, 2.75) is 26.3 Å². The Hall–Kier alpha value is -1.26. The lowest BCUT2D eigenvalue weighted by Crippen LogP contribution is -2.24. The molecule has 0 aliphatic rings. The first kappa shape index (κ1) is 16.7. The zero-order valence-electron chi connectivity index (χ0n) is 10.6. The third-order valence-electron chi connectivity index (χ3n) is 2.26. The van der Waals surface area contributed by atoms with E-state index in [1.165, 1.54) is 0 Å². The Morgan fingerprint density at radius 3 is 2.56 bits per heavy atom. The Morgan fingerprint density at radius 2 is 2.00 bits per heavy atom. The Kier molecular flexibility index (Phi) is 9.06. The van der Waals surface area contributed by atoms with Crippen LogP contribution in [-0.4, -0.2) is 19.1 Å². The molecule has 0 heterocycles. The van der Waals surface area contributed by atoms with Gasteiger partial charge in [0.15, 0.2) is 0 Å². The highest BCUT2D eigenvalue weighted by Gasteiger charge is 1.99. The van der Waals surface area contributed by atoms with E-state index in [0.29, 0.717) is 19.5 Å². The monoisotopic (exact) mass is 272 g/mol. The maximum atomic E-state index is 11.2. The molecule has 18 heavy (non-hydrogen) atoms. The minimum Gasteiger partial charge on any atom is -0.494 e. The number of carbonyl (C=O) groups excluding carboxylic acids is 1. The summed E-state index contributed by atoms with van der Waals surface area (Å²) in [6.07, 6.45) is 1.37. The standard InChI is InChI=1S/C13H20N2O2.ClH/c1-2-9-17-12-5-3-11(4-6-12)10-15-13(16)7-8-14;/h3-6H,2,7-10,14H2,1H3,(H,15,16);1H. The van der Waals surface area contributed by atoms with Crippen LogP contribution in [0.15, 0.2) is 24.3 Å². The largest absolute Gasteiger partial charge is 0.494 e. The Balaban J connectivity index is 0.00000289. The average molecular weight is 273 g/mol. The molecule has 0 aromatic heterocycles. The normalized spacial score (nSPS) is 9.44. The summed E-state index contributed by atoms with van der Waals surface area (Å²) in [7, 11) is 0. The fraction of sp³-hybridized carbons (Fsp3) is 0.462. The molecule has 102 valence electrons. The first-order valence-electron chi connectivity index (χ1n) is 5.94. The van der Waals surface area contributed by atoms with E-state index in [1.807, 2.05) is 24.3 Å². The van der Waals surface area contributed by atoms with Gasteiger partial charge < -0.3 is 15.8 Å². The number of halogens is 1. The van der Waals surface area contributed by atoms with Crippen LogP contribution < -0.4 is 15.8 Å². The molecule has 3 N–H and O–H groups in total.